The lowest BCUT2D eigenvalue weighted by atomic mass is 9.96. The average molecular weight is 168 g/mol. The monoisotopic (exact) mass is 168 g/mol. The van der Waals surface area contributed by atoms with Crippen molar-refractivity contribution in [3.8, 4) is 0 Å². The van der Waals surface area contributed by atoms with E-state index in [9.17, 15) is 4.79 Å². The number of rotatable bonds is 3. The number of carbonyl (C=O) groups excluding carboxylic acids is 1. The van der Waals surface area contributed by atoms with Crippen molar-refractivity contribution in [2.75, 3.05) is 6.61 Å². The zero-order chi connectivity index (χ0) is 8.81. The van der Waals surface area contributed by atoms with Crippen molar-refractivity contribution >= 4 is 5.97 Å². The second-order valence-corrected chi connectivity index (χ2v) is 3.15. The van der Waals surface area contributed by atoms with Gasteiger partial charge in [0.2, 0.25) is 0 Å². The summed E-state index contributed by atoms with van der Waals surface area (Å²) in [4.78, 5) is 11.1. The van der Waals surface area contributed by atoms with Gasteiger partial charge in [0.05, 0.1) is 12.5 Å². The lowest BCUT2D eigenvalue weighted by Crippen LogP contribution is -2.23. The normalized spacial score (nSPS) is 24.4. The first kappa shape index (κ1) is 9.30. The highest BCUT2D eigenvalue weighted by molar-refractivity contribution is 5.72. The summed E-state index contributed by atoms with van der Waals surface area (Å²) in [5.41, 5.74) is 0. The van der Waals surface area contributed by atoms with Gasteiger partial charge >= 0.3 is 5.97 Å². The van der Waals surface area contributed by atoms with Gasteiger partial charge in [-0.2, -0.15) is 0 Å². The SMILES string of the molecule is CC=CCCC1CCCOC1=O. The van der Waals surface area contributed by atoms with Gasteiger partial charge in [-0.05, 0) is 32.6 Å². The minimum Gasteiger partial charge on any atom is -0.465 e. The highest BCUT2D eigenvalue weighted by atomic mass is 16.5. The molecular weight excluding hydrogens is 152 g/mol. The van der Waals surface area contributed by atoms with Crippen molar-refractivity contribution in [1.29, 1.82) is 0 Å². The van der Waals surface area contributed by atoms with Crippen LogP contribution in [0.2, 0.25) is 0 Å². The van der Waals surface area contributed by atoms with Crippen LogP contribution in [-0.2, 0) is 9.53 Å². The Hall–Kier alpha value is -0.790. The summed E-state index contributed by atoms with van der Waals surface area (Å²) < 4.78 is 4.96. The highest BCUT2D eigenvalue weighted by Crippen LogP contribution is 2.20. The minimum absolute atomic E-state index is 0.00533. The number of carbonyl (C=O) groups is 1. The minimum atomic E-state index is 0.00533. The smallest absolute Gasteiger partial charge is 0.308 e. The van der Waals surface area contributed by atoms with E-state index in [1.54, 1.807) is 0 Å². The Morgan fingerprint density at radius 2 is 2.50 bits per heavy atom. The van der Waals surface area contributed by atoms with Crippen molar-refractivity contribution in [3.63, 3.8) is 0 Å². The van der Waals surface area contributed by atoms with Gasteiger partial charge in [0.25, 0.3) is 0 Å². The van der Waals surface area contributed by atoms with Crippen LogP contribution in [0.25, 0.3) is 0 Å². The van der Waals surface area contributed by atoms with Gasteiger partial charge in [-0.25, -0.2) is 0 Å². The van der Waals surface area contributed by atoms with E-state index in [4.69, 9.17) is 4.74 Å². The average Bonchev–Trinajstić information content (AvgIpc) is 2.09. The maximum Gasteiger partial charge on any atom is 0.308 e. The first-order valence-corrected chi connectivity index (χ1v) is 4.62. The van der Waals surface area contributed by atoms with Gasteiger partial charge in [-0.1, -0.05) is 12.2 Å². The van der Waals surface area contributed by atoms with Gasteiger partial charge in [-0.3, -0.25) is 4.79 Å². The molecule has 1 saturated heterocycles. The van der Waals surface area contributed by atoms with E-state index in [1.807, 2.05) is 13.0 Å². The predicted molar refractivity (Wildman–Crippen MR) is 47.7 cm³/mol. The van der Waals surface area contributed by atoms with Gasteiger partial charge in [0.1, 0.15) is 0 Å². The lowest BCUT2D eigenvalue weighted by molar-refractivity contribution is -0.153. The summed E-state index contributed by atoms with van der Waals surface area (Å²) in [6.07, 6.45) is 8.11. The Morgan fingerprint density at radius 3 is 3.17 bits per heavy atom. The van der Waals surface area contributed by atoms with Crippen LogP contribution in [0.3, 0.4) is 0 Å². The molecule has 0 radical (unpaired) electrons. The molecule has 1 unspecified atom stereocenters. The van der Waals surface area contributed by atoms with E-state index in [0.717, 1.165) is 25.7 Å². The van der Waals surface area contributed by atoms with Crippen LogP contribution >= 0.6 is 0 Å². The molecule has 0 aromatic carbocycles. The van der Waals surface area contributed by atoms with E-state index in [2.05, 4.69) is 6.08 Å². The Labute approximate surface area is 73.6 Å². The van der Waals surface area contributed by atoms with Crippen LogP contribution in [0.5, 0.6) is 0 Å². The molecule has 0 aromatic rings. The molecule has 0 N–H and O–H groups in total. The molecule has 2 heteroatoms. The maximum absolute atomic E-state index is 11.1. The molecule has 1 rings (SSSR count). The third-order valence-electron chi connectivity index (χ3n) is 2.19. The van der Waals surface area contributed by atoms with Crippen molar-refractivity contribution in [1.82, 2.24) is 0 Å². The van der Waals surface area contributed by atoms with Gasteiger partial charge in [0, 0.05) is 0 Å². The van der Waals surface area contributed by atoms with E-state index in [0.29, 0.717) is 6.61 Å². The number of hydrogen-bond donors (Lipinski definition) is 0. The number of allylic oxidation sites excluding steroid dienone is 2. The molecule has 12 heavy (non-hydrogen) atoms. The molecule has 2 nitrogen and oxygen atoms in total. The topological polar surface area (TPSA) is 26.3 Å². The molecule has 0 amide bonds. The zero-order valence-electron chi connectivity index (χ0n) is 7.58. The van der Waals surface area contributed by atoms with Crippen LogP contribution in [0.4, 0.5) is 0 Å². The molecule has 0 aromatic heterocycles. The van der Waals surface area contributed by atoms with Crippen LogP contribution < -0.4 is 0 Å². The van der Waals surface area contributed by atoms with Crippen LogP contribution in [0.1, 0.15) is 32.6 Å². The Balaban J connectivity index is 2.24. The van der Waals surface area contributed by atoms with Crippen molar-refractivity contribution in [2.24, 2.45) is 5.92 Å². The van der Waals surface area contributed by atoms with Gasteiger partial charge in [0.15, 0.2) is 0 Å². The molecule has 1 aliphatic heterocycles. The molecule has 1 atom stereocenters. The molecule has 68 valence electrons. The molecule has 1 heterocycles. The molecular formula is C10H16O2. The van der Waals surface area contributed by atoms with Crippen molar-refractivity contribution in [3.05, 3.63) is 12.2 Å². The van der Waals surface area contributed by atoms with E-state index in [-0.39, 0.29) is 11.9 Å². The quantitative estimate of drug-likeness (QED) is 0.477. The summed E-state index contributed by atoms with van der Waals surface area (Å²) in [6, 6.07) is 0. The summed E-state index contributed by atoms with van der Waals surface area (Å²) in [5, 5.41) is 0. The highest BCUT2D eigenvalue weighted by Gasteiger charge is 2.22. The summed E-state index contributed by atoms with van der Waals surface area (Å²) in [5.74, 6) is 0.167. The lowest BCUT2D eigenvalue weighted by Gasteiger charge is -2.19. The van der Waals surface area contributed by atoms with Crippen LogP contribution in [0, 0.1) is 5.92 Å². The largest absolute Gasteiger partial charge is 0.465 e. The summed E-state index contributed by atoms with van der Waals surface area (Å²) in [7, 11) is 0. The van der Waals surface area contributed by atoms with E-state index in [1.165, 1.54) is 0 Å². The maximum atomic E-state index is 11.1. The fourth-order valence-electron chi connectivity index (χ4n) is 1.46. The van der Waals surface area contributed by atoms with Crippen LogP contribution in [-0.4, -0.2) is 12.6 Å². The summed E-state index contributed by atoms with van der Waals surface area (Å²) >= 11 is 0. The Kier molecular flexibility index (Phi) is 3.85. The first-order valence-electron chi connectivity index (χ1n) is 4.62. The number of hydrogen-bond acceptors (Lipinski definition) is 2. The van der Waals surface area contributed by atoms with Crippen LogP contribution in [0.15, 0.2) is 12.2 Å². The molecule has 0 aliphatic carbocycles. The number of cyclic esters (lactones) is 1. The third-order valence-corrected chi connectivity index (χ3v) is 2.19. The molecule has 0 saturated carbocycles. The van der Waals surface area contributed by atoms with Gasteiger partial charge < -0.3 is 4.74 Å². The third kappa shape index (κ3) is 2.68. The molecule has 0 spiro atoms. The second kappa shape index (κ2) is 4.96. The van der Waals surface area contributed by atoms with E-state index >= 15 is 0 Å². The number of ether oxygens (including phenoxy) is 1. The van der Waals surface area contributed by atoms with E-state index < -0.39 is 0 Å². The zero-order valence-corrected chi connectivity index (χ0v) is 7.58. The second-order valence-electron chi connectivity index (χ2n) is 3.15. The summed E-state index contributed by atoms with van der Waals surface area (Å²) in [6.45, 7) is 2.62. The fourth-order valence-corrected chi connectivity index (χ4v) is 1.46. The molecule has 1 aliphatic rings. The Bertz CT molecular complexity index is 173. The molecule has 0 bridgehead atoms. The first-order chi connectivity index (χ1) is 5.84. The predicted octanol–water partition coefficient (Wildman–Crippen LogP) is 2.30. The standard InChI is InChI=1S/C10H16O2/c1-2-3-4-6-9-7-5-8-12-10(9)11/h2-3,9H,4-8H2,1H3. The number of esters is 1. The molecule has 1 fully saturated rings. The fraction of sp³-hybridized carbons (Fsp3) is 0.700. The van der Waals surface area contributed by atoms with Gasteiger partial charge in [-0.15, -0.1) is 0 Å². The van der Waals surface area contributed by atoms with Crippen molar-refractivity contribution in [2.45, 2.75) is 32.6 Å². The Morgan fingerprint density at radius 1 is 1.67 bits per heavy atom. The van der Waals surface area contributed by atoms with Crippen molar-refractivity contribution < 1.29 is 9.53 Å².